The van der Waals surface area contributed by atoms with Crippen LogP contribution < -0.4 is 9.64 Å². The molecule has 11 heteroatoms. The number of hydrogen-bond donors (Lipinski definition) is 0. The SMILES string of the molecule is COc1ncnc(C2CC2)c1-c1cc2n(n1)CCCN2Cc1ccc(-n2nc(C(F)(F)F)cc2C)cc1. The zero-order valence-electron chi connectivity index (χ0n) is 20.5. The first-order chi connectivity index (χ1) is 17.8. The quantitative estimate of drug-likeness (QED) is 0.358. The zero-order valence-corrected chi connectivity index (χ0v) is 20.5. The van der Waals surface area contributed by atoms with Gasteiger partial charge in [0, 0.05) is 37.3 Å². The van der Waals surface area contributed by atoms with Crippen molar-refractivity contribution in [2.45, 2.75) is 51.4 Å². The summed E-state index contributed by atoms with van der Waals surface area (Å²) < 4.78 is 48.1. The van der Waals surface area contributed by atoms with E-state index in [4.69, 9.17) is 9.84 Å². The Bertz CT molecular complexity index is 1440. The fourth-order valence-corrected chi connectivity index (χ4v) is 4.92. The topological polar surface area (TPSA) is 73.9 Å². The third-order valence-electron chi connectivity index (χ3n) is 6.87. The van der Waals surface area contributed by atoms with E-state index in [9.17, 15) is 13.2 Å². The molecule has 0 N–H and O–H groups in total. The number of nitrogens with zero attached hydrogens (tertiary/aromatic N) is 7. The van der Waals surface area contributed by atoms with Crippen molar-refractivity contribution in [3.63, 3.8) is 0 Å². The molecule has 2 aliphatic rings. The molecule has 37 heavy (non-hydrogen) atoms. The van der Waals surface area contributed by atoms with E-state index in [0.29, 0.717) is 29.7 Å². The Morgan fingerprint density at radius 1 is 1.03 bits per heavy atom. The van der Waals surface area contributed by atoms with E-state index in [2.05, 4.69) is 26.0 Å². The standard InChI is InChI=1S/C26H26F3N7O/c1-16-12-21(26(27,28)29)33-36(16)19-8-4-17(5-9-19)14-34-10-3-11-35-22(34)13-20(32-35)23-24(18-6-7-18)30-15-31-25(23)37-2/h4-5,8-9,12-13,15,18H,3,6-7,10-11,14H2,1-2H3. The highest BCUT2D eigenvalue weighted by Gasteiger charge is 2.35. The van der Waals surface area contributed by atoms with Crippen LogP contribution in [0.2, 0.25) is 0 Å². The first-order valence-electron chi connectivity index (χ1n) is 12.3. The van der Waals surface area contributed by atoms with Crippen LogP contribution in [0.5, 0.6) is 5.88 Å². The van der Waals surface area contributed by atoms with Gasteiger partial charge < -0.3 is 9.64 Å². The van der Waals surface area contributed by atoms with E-state index in [1.807, 2.05) is 16.8 Å². The van der Waals surface area contributed by atoms with Crippen molar-refractivity contribution in [2.75, 3.05) is 18.6 Å². The zero-order chi connectivity index (χ0) is 25.7. The number of ether oxygens (including phenoxy) is 1. The molecule has 1 aliphatic carbocycles. The van der Waals surface area contributed by atoms with E-state index >= 15 is 0 Å². The maximum absolute atomic E-state index is 13.1. The van der Waals surface area contributed by atoms with Crippen molar-refractivity contribution >= 4 is 5.82 Å². The summed E-state index contributed by atoms with van der Waals surface area (Å²) in [5.74, 6) is 1.97. The Morgan fingerprint density at radius 2 is 1.81 bits per heavy atom. The summed E-state index contributed by atoms with van der Waals surface area (Å²) in [7, 11) is 1.61. The van der Waals surface area contributed by atoms with Crippen LogP contribution in [0.3, 0.4) is 0 Å². The fraction of sp³-hybridized carbons (Fsp3) is 0.385. The van der Waals surface area contributed by atoms with Gasteiger partial charge in [0.05, 0.1) is 24.1 Å². The molecule has 1 aliphatic heterocycles. The fourth-order valence-electron chi connectivity index (χ4n) is 4.92. The maximum atomic E-state index is 13.1. The van der Waals surface area contributed by atoms with Crippen LogP contribution in [0.15, 0.2) is 42.7 Å². The molecule has 1 aromatic carbocycles. The van der Waals surface area contributed by atoms with Crippen molar-refractivity contribution in [1.29, 1.82) is 0 Å². The summed E-state index contributed by atoms with van der Waals surface area (Å²) in [4.78, 5) is 11.1. The molecule has 0 atom stereocenters. The summed E-state index contributed by atoms with van der Waals surface area (Å²) >= 11 is 0. The minimum atomic E-state index is -4.47. The van der Waals surface area contributed by atoms with Crippen LogP contribution in [-0.4, -0.2) is 43.2 Å². The second kappa shape index (κ2) is 8.89. The minimum Gasteiger partial charge on any atom is -0.480 e. The number of benzene rings is 1. The lowest BCUT2D eigenvalue weighted by molar-refractivity contribution is -0.141. The lowest BCUT2D eigenvalue weighted by Crippen LogP contribution is -2.31. The van der Waals surface area contributed by atoms with Crippen molar-refractivity contribution < 1.29 is 17.9 Å². The molecule has 0 spiro atoms. The molecular formula is C26H26F3N7O. The van der Waals surface area contributed by atoms with Gasteiger partial charge in [0.2, 0.25) is 5.88 Å². The Labute approximate surface area is 211 Å². The average molecular weight is 510 g/mol. The Hall–Kier alpha value is -3.89. The molecule has 4 heterocycles. The lowest BCUT2D eigenvalue weighted by Gasteiger charge is -2.29. The monoisotopic (exact) mass is 509 g/mol. The van der Waals surface area contributed by atoms with Gasteiger partial charge in [-0.15, -0.1) is 0 Å². The van der Waals surface area contributed by atoms with Crippen molar-refractivity contribution in [1.82, 2.24) is 29.5 Å². The van der Waals surface area contributed by atoms with Crippen LogP contribution in [0, 0.1) is 6.92 Å². The molecule has 0 unspecified atom stereocenters. The van der Waals surface area contributed by atoms with Crippen LogP contribution in [0.25, 0.3) is 16.9 Å². The second-order valence-electron chi connectivity index (χ2n) is 9.55. The van der Waals surface area contributed by atoms with Crippen LogP contribution in [0.4, 0.5) is 19.0 Å². The number of hydrogen-bond acceptors (Lipinski definition) is 6. The highest BCUT2D eigenvalue weighted by molar-refractivity contribution is 5.71. The molecule has 0 radical (unpaired) electrons. The van der Waals surface area contributed by atoms with Crippen LogP contribution >= 0.6 is 0 Å². The van der Waals surface area contributed by atoms with E-state index in [0.717, 1.165) is 66.8 Å². The summed E-state index contributed by atoms with van der Waals surface area (Å²) in [6.07, 6.45) is 0.256. The smallest absolute Gasteiger partial charge is 0.435 e. The Balaban J connectivity index is 1.26. The maximum Gasteiger partial charge on any atom is 0.435 e. The normalized spacial score (nSPS) is 15.6. The molecule has 8 nitrogen and oxygen atoms in total. The van der Waals surface area contributed by atoms with Gasteiger partial charge in [-0.3, -0.25) is 0 Å². The summed E-state index contributed by atoms with van der Waals surface area (Å²) in [5, 5.41) is 8.63. The largest absolute Gasteiger partial charge is 0.480 e. The first-order valence-corrected chi connectivity index (χ1v) is 12.3. The van der Waals surface area contributed by atoms with Crippen molar-refractivity contribution in [3.05, 3.63) is 65.4 Å². The number of rotatable bonds is 6. The summed E-state index contributed by atoms with van der Waals surface area (Å²) in [6.45, 7) is 3.96. The lowest BCUT2D eigenvalue weighted by atomic mass is 10.1. The number of methoxy groups -OCH3 is 1. The third-order valence-corrected chi connectivity index (χ3v) is 6.87. The molecule has 3 aromatic heterocycles. The van der Waals surface area contributed by atoms with Crippen molar-refractivity contribution in [3.8, 4) is 22.8 Å². The number of aromatic nitrogens is 6. The second-order valence-corrected chi connectivity index (χ2v) is 9.55. The van der Waals surface area contributed by atoms with Gasteiger partial charge in [0.1, 0.15) is 17.8 Å². The number of halogens is 3. The van der Waals surface area contributed by atoms with E-state index in [-0.39, 0.29) is 0 Å². The molecule has 4 aromatic rings. The predicted octanol–water partition coefficient (Wildman–Crippen LogP) is 5.15. The van der Waals surface area contributed by atoms with Gasteiger partial charge in [-0.1, -0.05) is 12.1 Å². The average Bonchev–Trinajstić information content (AvgIpc) is 3.51. The molecule has 1 fully saturated rings. The summed E-state index contributed by atoms with van der Waals surface area (Å²) in [5.41, 5.74) is 3.84. The van der Waals surface area contributed by atoms with Gasteiger partial charge in [0.15, 0.2) is 5.69 Å². The molecule has 0 bridgehead atoms. The number of aryl methyl sites for hydroxylation is 2. The van der Waals surface area contributed by atoms with E-state index in [1.54, 1.807) is 32.5 Å². The molecule has 0 saturated heterocycles. The predicted molar refractivity (Wildman–Crippen MR) is 131 cm³/mol. The van der Waals surface area contributed by atoms with Gasteiger partial charge in [-0.05, 0) is 49.9 Å². The van der Waals surface area contributed by atoms with Gasteiger partial charge in [-0.25, -0.2) is 19.3 Å². The van der Waals surface area contributed by atoms with Crippen LogP contribution in [0.1, 0.15) is 47.8 Å². The van der Waals surface area contributed by atoms with Gasteiger partial charge in [-0.2, -0.15) is 23.4 Å². The Morgan fingerprint density at radius 3 is 2.49 bits per heavy atom. The summed E-state index contributed by atoms with van der Waals surface area (Å²) in [6, 6.07) is 10.6. The van der Waals surface area contributed by atoms with Gasteiger partial charge in [0.25, 0.3) is 0 Å². The molecule has 0 amide bonds. The van der Waals surface area contributed by atoms with E-state index < -0.39 is 11.9 Å². The highest BCUT2D eigenvalue weighted by Crippen LogP contribution is 2.46. The number of fused-ring (bicyclic) bond motifs is 1. The van der Waals surface area contributed by atoms with Crippen LogP contribution in [-0.2, 0) is 19.3 Å². The number of alkyl halides is 3. The number of anilines is 1. The highest BCUT2D eigenvalue weighted by atomic mass is 19.4. The van der Waals surface area contributed by atoms with E-state index in [1.165, 1.54) is 4.68 Å². The Kier molecular flexibility index (Phi) is 5.65. The molecule has 6 rings (SSSR count). The molecule has 1 saturated carbocycles. The minimum absolute atomic E-state index is 0.422. The van der Waals surface area contributed by atoms with Gasteiger partial charge >= 0.3 is 6.18 Å². The molecule has 192 valence electrons. The van der Waals surface area contributed by atoms with Crippen molar-refractivity contribution in [2.24, 2.45) is 0 Å². The first kappa shape index (κ1) is 23.5. The molecular weight excluding hydrogens is 483 g/mol. The third kappa shape index (κ3) is 4.42.